The first kappa shape index (κ1) is 14.7. The Morgan fingerprint density at radius 2 is 2.21 bits per heavy atom. The molecule has 1 saturated heterocycles. The molecule has 0 aromatic heterocycles. The largest absolute Gasteiger partial charge is 0.489 e. The van der Waals surface area contributed by atoms with Crippen molar-refractivity contribution in [1.29, 1.82) is 0 Å². The van der Waals surface area contributed by atoms with Crippen LogP contribution >= 0.6 is 11.8 Å². The van der Waals surface area contributed by atoms with E-state index in [-0.39, 0.29) is 6.10 Å². The second kappa shape index (κ2) is 7.78. The molecule has 1 heterocycles. The minimum absolute atomic E-state index is 0.168. The van der Waals surface area contributed by atoms with Crippen LogP contribution in [-0.2, 0) is 4.74 Å². The highest BCUT2D eigenvalue weighted by Gasteiger charge is 2.15. The SMILES string of the molecule is CSc1ccc(OC(C)CNCC2CCCO2)cc1. The Bertz CT molecular complexity index is 363. The first-order valence-corrected chi connectivity index (χ1v) is 8.13. The Morgan fingerprint density at radius 3 is 2.84 bits per heavy atom. The summed E-state index contributed by atoms with van der Waals surface area (Å²) in [6.07, 6.45) is 5.01. The van der Waals surface area contributed by atoms with Crippen LogP contribution in [0.5, 0.6) is 5.75 Å². The van der Waals surface area contributed by atoms with E-state index in [1.165, 1.54) is 17.7 Å². The van der Waals surface area contributed by atoms with Crippen molar-refractivity contribution in [2.24, 2.45) is 0 Å². The predicted octanol–water partition coefficient (Wildman–Crippen LogP) is 2.94. The lowest BCUT2D eigenvalue weighted by molar-refractivity contribution is 0.106. The fraction of sp³-hybridized carbons (Fsp3) is 0.600. The van der Waals surface area contributed by atoms with E-state index >= 15 is 0 Å². The van der Waals surface area contributed by atoms with E-state index < -0.39 is 0 Å². The highest BCUT2D eigenvalue weighted by Crippen LogP contribution is 2.19. The number of hydrogen-bond acceptors (Lipinski definition) is 4. The zero-order valence-electron chi connectivity index (χ0n) is 11.7. The molecule has 0 amide bonds. The molecule has 0 spiro atoms. The summed E-state index contributed by atoms with van der Waals surface area (Å²) < 4.78 is 11.4. The first-order chi connectivity index (χ1) is 9.28. The second-order valence-corrected chi connectivity index (χ2v) is 5.78. The maximum atomic E-state index is 5.87. The lowest BCUT2D eigenvalue weighted by atomic mass is 10.2. The van der Waals surface area contributed by atoms with Crippen LogP contribution in [0.1, 0.15) is 19.8 Å². The molecule has 0 radical (unpaired) electrons. The van der Waals surface area contributed by atoms with E-state index in [0.29, 0.717) is 6.10 Å². The number of thioether (sulfide) groups is 1. The van der Waals surface area contributed by atoms with Crippen molar-refractivity contribution in [3.63, 3.8) is 0 Å². The number of rotatable bonds is 7. The maximum Gasteiger partial charge on any atom is 0.119 e. The van der Waals surface area contributed by atoms with Crippen molar-refractivity contribution in [3.05, 3.63) is 24.3 Å². The van der Waals surface area contributed by atoms with Gasteiger partial charge in [-0.05, 0) is 50.3 Å². The molecular formula is C15H23NO2S. The van der Waals surface area contributed by atoms with Gasteiger partial charge in [-0.25, -0.2) is 0 Å². The topological polar surface area (TPSA) is 30.5 Å². The first-order valence-electron chi connectivity index (χ1n) is 6.91. The highest BCUT2D eigenvalue weighted by atomic mass is 32.2. The van der Waals surface area contributed by atoms with Gasteiger partial charge in [-0.15, -0.1) is 11.8 Å². The minimum Gasteiger partial charge on any atom is -0.489 e. The van der Waals surface area contributed by atoms with Crippen molar-refractivity contribution in [3.8, 4) is 5.75 Å². The standard InChI is InChI=1S/C15H23NO2S/c1-12(10-16-11-14-4-3-9-17-14)18-13-5-7-15(19-2)8-6-13/h5-8,12,14,16H,3-4,9-11H2,1-2H3. The summed E-state index contributed by atoms with van der Waals surface area (Å²) in [6.45, 7) is 4.79. The van der Waals surface area contributed by atoms with Gasteiger partial charge in [-0.2, -0.15) is 0 Å². The quantitative estimate of drug-likeness (QED) is 0.778. The Labute approximate surface area is 120 Å². The summed E-state index contributed by atoms with van der Waals surface area (Å²) >= 11 is 1.74. The van der Waals surface area contributed by atoms with Crippen LogP contribution in [0, 0.1) is 0 Å². The van der Waals surface area contributed by atoms with E-state index in [9.17, 15) is 0 Å². The van der Waals surface area contributed by atoms with Crippen LogP contribution in [0.4, 0.5) is 0 Å². The van der Waals surface area contributed by atoms with Crippen LogP contribution in [-0.4, -0.2) is 38.2 Å². The summed E-state index contributed by atoms with van der Waals surface area (Å²) in [5, 5.41) is 3.42. The van der Waals surface area contributed by atoms with Crippen molar-refractivity contribution in [1.82, 2.24) is 5.32 Å². The highest BCUT2D eigenvalue weighted by molar-refractivity contribution is 7.98. The predicted molar refractivity (Wildman–Crippen MR) is 80.2 cm³/mol. The van der Waals surface area contributed by atoms with Gasteiger partial charge in [0.05, 0.1) is 6.10 Å². The molecular weight excluding hydrogens is 258 g/mol. The van der Waals surface area contributed by atoms with Crippen LogP contribution in [0.2, 0.25) is 0 Å². The average molecular weight is 281 g/mol. The van der Waals surface area contributed by atoms with Crippen molar-refractivity contribution in [2.75, 3.05) is 26.0 Å². The van der Waals surface area contributed by atoms with E-state index in [1.54, 1.807) is 11.8 Å². The van der Waals surface area contributed by atoms with Gasteiger partial charge < -0.3 is 14.8 Å². The third-order valence-corrected chi connectivity index (χ3v) is 3.97. The smallest absolute Gasteiger partial charge is 0.119 e. The molecule has 1 aliphatic rings. The molecule has 0 saturated carbocycles. The molecule has 1 aromatic carbocycles. The monoisotopic (exact) mass is 281 g/mol. The molecule has 1 aliphatic heterocycles. The maximum absolute atomic E-state index is 5.87. The van der Waals surface area contributed by atoms with Gasteiger partial charge in [-0.3, -0.25) is 0 Å². The molecule has 1 N–H and O–H groups in total. The van der Waals surface area contributed by atoms with Gasteiger partial charge in [0.2, 0.25) is 0 Å². The second-order valence-electron chi connectivity index (χ2n) is 4.90. The molecule has 0 aliphatic carbocycles. The normalized spacial score (nSPS) is 20.4. The third-order valence-electron chi connectivity index (χ3n) is 3.22. The van der Waals surface area contributed by atoms with Gasteiger partial charge in [0, 0.05) is 24.6 Å². The van der Waals surface area contributed by atoms with Crippen LogP contribution < -0.4 is 10.1 Å². The van der Waals surface area contributed by atoms with E-state index in [1.807, 2.05) is 12.1 Å². The van der Waals surface area contributed by atoms with Crippen LogP contribution in [0.3, 0.4) is 0 Å². The summed E-state index contributed by atoms with van der Waals surface area (Å²) in [4.78, 5) is 1.26. The number of ether oxygens (including phenoxy) is 2. The fourth-order valence-electron chi connectivity index (χ4n) is 2.18. The Kier molecular flexibility index (Phi) is 6.01. The average Bonchev–Trinajstić information content (AvgIpc) is 2.93. The molecule has 1 fully saturated rings. The van der Waals surface area contributed by atoms with E-state index in [2.05, 4.69) is 30.6 Å². The Morgan fingerprint density at radius 1 is 1.42 bits per heavy atom. The summed E-state index contributed by atoms with van der Waals surface area (Å²) in [5.74, 6) is 0.934. The van der Waals surface area contributed by atoms with Crippen molar-refractivity contribution < 1.29 is 9.47 Å². The fourth-order valence-corrected chi connectivity index (χ4v) is 2.59. The zero-order chi connectivity index (χ0) is 13.5. The molecule has 2 atom stereocenters. The number of nitrogens with one attached hydrogen (secondary N) is 1. The molecule has 0 bridgehead atoms. The molecule has 3 nitrogen and oxygen atoms in total. The Balaban J connectivity index is 1.66. The molecule has 19 heavy (non-hydrogen) atoms. The van der Waals surface area contributed by atoms with E-state index in [0.717, 1.165) is 25.4 Å². The zero-order valence-corrected chi connectivity index (χ0v) is 12.5. The summed E-state index contributed by atoms with van der Waals surface area (Å²) in [5.41, 5.74) is 0. The van der Waals surface area contributed by atoms with Crippen LogP contribution in [0.25, 0.3) is 0 Å². The molecule has 1 aromatic rings. The number of hydrogen-bond donors (Lipinski definition) is 1. The number of benzene rings is 1. The van der Waals surface area contributed by atoms with Gasteiger partial charge in [-0.1, -0.05) is 0 Å². The van der Waals surface area contributed by atoms with Crippen molar-refractivity contribution in [2.45, 2.75) is 36.9 Å². The van der Waals surface area contributed by atoms with Crippen LogP contribution in [0.15, 0.2) is 29.2 Å². The minimum atomic E-state index is 0.168. The lowest BCUT2D eigenvalue weighted by Gasteiger charge is -2.17. The van der Waals surface area contributed by atoms with Crippen molar-refractivity contribution >= 4 is 11.8 Å². The van der Waals surface area contributed by atoms with E-state index in [4.69, 9.17) is 9.47 Å². The Hall–Kier alpha value is -0.710. The summed E-state index contributed by atoms with van der Waals surface area (Å²) in [6, 6.07) is 8.24. The molecule has 2 unspecified atom stereocenters. The molecule has 106 valence electrons. The van der Waals surface area contributed by atoms with Gasteiger partial charge >= 0.3 is 0 Å². The third kappa shape index (κ3) is 5.05. The molecule has 4 heteroatoms. The van der Waals surface area contributed by atoms with Gasteiger partial charge in [0.15, 0.2) is 0 Å². The van der Waals surface area contributed by atoms with Gasteiger partial charge in [0.1, 0.15) is 11.9 Å². The molecule has 2 rings (SSSR count). The lowest BCUT2D eigenvalue weighted by Crippen LogP contribution is -2.34. The van der Waals surface area contributed by atoms with Gasteiger partial charge in [0.25, 0.3) is 0 Å². The summed E-state index contributed by atoms with van der Waals surface area (Å²) in [7, 11) is 0.